The van der Waals surface area contributed by atoms with Gasteiger partial charge in [-0.05, 0) is 19.4 Å². The summed E-state index contributed by atoms with van der Waals surface area (Å²) in [4.78, 5) is 0. The number of rotatable bonds is 0. The zero-order chi connectivity index (χ0) is 8.72. The normalized spacial score (nSPS) is 10.8. The number of nitrogens with one attached hydrogen (secondary N) is 1. The summed E-state index contributed by atoms with van der Waals surface area (Å²) in [5.41, 5.74) is 8.20. The molecular weight excluding hydrogens is 154 g/mol. The molecule has 2 aromatic heterocycles. The van der Waals surface area contributed by atoms with Crippen molar-refractivity contribution < 1.29 is 0 Å². The van der Waals surface area contributed by atoms with E-state index in [0.29, 0.717) is 11.5 Å². The van der Waals surface area contributed by atoms with E-state index in [9.17, 15) is 0 Å². The molecule has 0 bridgehead atoms. The van der Waals surface area contributed by atoms with Crippen LogP contribution in [0.15, 0.2) is 0 Å². The van der Waals surface area contributed by atoms with Crippen LogP contribution >= 0.6 is 0 Å². The van der Waals surface area contributed by atoms with Gasteiger partial charge in [0.25, 0.3) is 0 Å². The first-order chi connectivity index (χ1) is 5.70. The highest BCUT2D eigenvalue weighted by atomic mass is 15.2. The van der Waals surface area contributed by atoms with E-state index in [1.165, 1.54) is 0 Å². The second kappa shape index (κ2) is 2.17. The smallest absolute Gasteiger partial charge is 0.180 e. The molecule has 0 aromatic carbocycles. The van der Waals surface area contributed by atoms with E-state index in [0.717, 1.165) is 16.6 Å². The fraction of sp³-hybridized carbons (Fsp3) is 0.286. The molecule has 0 unspecified atom stereocenters. The zero-order valence-electron chi connectivity index (χ0n) is 6.92. The third kappa shape index (κ3) is 0.761. The van der Waals surface area contributed by atoms with E-state index in [2.05, 4.69) is 20.4 Å². The van der Waals surface area contributed by atoms with E-state index in [-0.39, 0.29) is 0 Å². The number of aromatic nitrogens is 4. The molecule has 5 nitrogen and oxygen atoms in total. The molecule has 5 heteroatoms. The summed E-state index contributed by atoms with van der Waals surface area (Å²) in [6.45, 7) is 3.85. The van der Waals surface area contributed by atoms with Crippen LogP contribution in [0.25, 0.3) is 11.0 Å². The first kappa shape index (κ1) is 7.02. The molecule has 0 aliphatic heterocycles. The fourth-order valence-electron chi connectivity index (χ4n) is 1.17. The van der Waals surface area contributed by atoms with Gasteiger partial charge in [0.1, 0.15) is 0 Å². The van der Waals surface area contributed by atoms with Crippen molar-refractivity contribution in [2.75, 3.05) is 5.73 Å². The Morgan fingerprint density at radius 1 is 1.25 bits per heavy atom. The number of nitrogen functional groups attached to an aromatic ring is 1. The maximum absolute atomic E-state index is 5.64. The molecule has 2 rings (SSSR count). The lowest BCUT2D eigenvalue weighted by Gasteiger charge is -1.97. The van der Waals surface area contributed by atoms with Crippen LogP contribution in [0.4, 0.5) is 5.82 Å². The van der Waals surface area contributed by atoms with Gasteiger partial charge < -0.3 is 5.73 Å². The maximum Gasteiger partial charge on any atom is 0.180 e. The van der Waals surface area contributed by atoms with Gasteiger partial charge in [0, 0.05) is 0 Å². The maximum atomic E-state index is 5.64. The molecule has 2 heterocycles. The van der Waals surface area contributed by atoms with Gasteiger partial charge in [0.2, 0.25) is 0 Å². The molecule has 0 fully saturated rings. The van der Waals surface area contributed by atoms with E-state index >= 15 is 0 Å². The Morgan fingerprint density at radius 2 is 2.00 bits per heavy atom. The molecule has 0 radical (unpaired) electrons. The summed E-state index contributed by atoms with van der Waals surface area (Å²) in [5, 5.41) is 15.3. The first-order valence-corrected chi connectivity index (χ1v) is 3.63. The standard InChI is InChI=1S/C7H9N5/c1-3-4(2)9-11-7-5(3)6(8)10-12-7/h1-2H3,(H3,8,10,11,12). The number of hydrogen-bond acceptors (Lipinski definition) is 4. The van der Waals surface area contributed by atoms with E-state index < -0.39 is 0 Å². The monoisotopic (exact) mass is 163 g/mol. The highest BCUT2D eigenvalue weighted by Crippen LogP contribution is 2.20. The lowest BCUT2D eigenvalue weighted by molar-refractivity contribution is 0.976. The van der Waals surface area contributed by atoms with Gasteiger partial charge in [-0.2, -0.15) is 10.2 Å². The predicted molar refractivity (Wildman–Crippen MR) is 45.6 cm³/mol. The first-order valence-electron chi connectivity index (χ1n) is 3.63. The molecule has 0 saturated heterocycles. The Hall–Kier alpha value is -1.65. The summed E-state index contributed by atoms with van der Waals surface area (Å²) in [6, 6.07) is 0. The van der Waals surface area contributed by atoms with Gasteiger partial charge in [-0.1, -0.05) is 0 Å². The second-order valence-corrected chi connectivity index (χ2v) is 2.74. The summed E-state index contributed by atoms with van der Waals surface area (Å²) < 4.78 is 0. The van der Waals surface area contributed by atoms with Crippen molar-refractivity contribution in [3.05, 3.63) is 11.3 Å². The van der Waals surface area contributed by atoms with Crippen molar-refractivity contribution in [2.45, 2.75) is 13.8 Å². The van der Waals surface area contributed by atoms with Gasteiger partial charge in [-0.15, -0.1) is 5.10 Å². The molecule has 0 amide bonds. The molecule has 2 aromatic rings. The molecular formula is C7H9N5. The van der Waals surface area contributed by atoms with Crippen LogP contribution in [0.1, 0.15) is 11.3 Å². The Labute approximate surface area is 69.0 Å². The van der Waals surface area contributed by atoms with Crippen LogP contribution in [-0.4, -0.2) is 20.4 Å². The van der Waals surface area contributed by atoms with Gasteiger partial charge in [-0.25, -0.2) is 0 Å². The average molecular weight is 163 g/mol. The molecule has 0 spiro atoms. The minimum Gasteiger partial charge on any atom is -0.382 e. The van der Waals surface area contributed by atoms with Gasteiger partial charge >= 0.3 is 0 Å². The lowest BCUT2D eigenvalue weighted by Crippen LogP contribution is -1.93. The van der Waals surface area contributed by atoms with E-state index in [1.54, 1.807) is 0 Å². The molecule has 0 aliphatic rings. The summed E-state index contributed by atoms with van der Waals surface area (Å²) >= 11 is 0. The van der Waals surface area contributed by atoms with E-state index in [4.69, 9.17) is 5.73 Å². The predicted octanol–water partition coefficient (Wildman–Crippen LogP) is 0.552. The Morgan fingerprint density at radius 3 is 2.75 bits per heavy atom. The molecule has 3 N–H and O–H groups in total. The Kier molecular flexibility index (Phi) is 1.27. The molecule has 12 heavy (non-hydrogen) atoms. The number of aryl methyl sites for hydroxylation is 2. The van der Waals surface area contributed by atoms with Crippen LogP contribution in [0.3, 0.4) is 0 Å². The average Bonchev–Trinajstić information content (AvgIpc) is 2.41. The van der Waals surface area contributed by atoms with Crippen LogP contribution in [0.5, 0.6) is 0 Å². The summed E-state index contributed by atoms with van der Waals surface area (Å²) in [5.74, 6) is 0.487. The van der Waals surface area contributed by atoms with Crippen molar-refractivity contribution in [1.29, 1.82) is 0 Å². The molecule has 0 atom stereocenters. The van der Waals surface area contributed by atoms with Crippen molar-refractivity contribution in [2.24, 2.45) is 0 Å². The largest absolute Gasteiger partial charge is 0.382 e. The minimum absolute atomic E-state index is 0.487. The van der Waals surface area contributed by atoms with Crippen molar-refractivity contribution in [3.63, 3.8) is 0 Å². The molecule has 0 aliphatic carbocycles. The van der Waals surface area contributed by atoms with Crippen LogP contribution < -0.4 is 5.73 Å². The number of nitrogens with two attached hydrogens (primary N) is 1. The Balaban J connectivity index is 2.96. The number of H-pyrrole nitrogens is 1. The Bertz CT molecular complexity index is 431. The van der Waals surface area contributed by atoms with Crippen LogP contribution in [0, 0.1) is 13.8 Å². The van der Waals surface area contributed by atoms with Crippen LogP contribution in [0.2, 0.25) is 0 Å². The number of fused-ring (bicyclic) bond motifs is 1. The minimum atomic E-state index is 0.487. The fourth-order valence-corrected chi connectivity index (χ4v) is 1.17. The third-order valence-electron chi connectivity index (χ3n) is 1.99. The highest BCUT2D eigenvalue weighted by Gasteiger charge is 2.08. The second-order valence-electron chi connectivity index (χ2n) is 2.74. The van der Waals surface area contributed by atoms with Crippen molar-refractivity contribution in [3.8, 4) is 0 Å². The van der Waals surface area contributed by atoms with Gasteiger partial charge in [-0.3, -0.25) is 5.10 Å². The highest BCUT2D eigenvalue weighted by molar-refractivity contribution is 5.88. The topological polar surface area (TPSA) is 80.5 Å². The quantitative estimate of drug-likeness (QED) is 0.594. The lowest BCUT2D eigenvalue weighted by atomic mass is 10.2. The SMILES string of the molecule is Cc1nnc2[nH]nc(N)c2c1C. The molecule has 62 valence electrons. The summed E-state index contributed by atoms with van der Waals surface area (Å²) in [7, 11) is 0. The van der Waals surface area contributed by atoms with Crippen molar-refractivity contribution in [1.82, 2.24) is 20.4 Å². The van der Waals surface area contributed by atoms with Crippen molar-refractivity contribution >= 4 is 16.9 Å². The number of nitrogens with zero attached hydrogens (tertiary/aromatic N) is 3. The van der Waals surface area contributed by atoms with Gasteiger partial charge in [0.15, 0.2) is 11.5 Å². The third-order valence-corrected chi connectivity index (χ3v) is 1.99. The number of aromatic amines is 1. The summed E-state index contributed by atoms with van der Waals surface area (Å²) in [6.07, 6.45) is 0. The molecule has 0 saturated carbocycles. The van der Waals surface area contributed by atoms with E-state index in [1.807, 2.05) is 13.8 Å². The van der Waals surface area contributed by atoms with Gasteiger partial charge in [0.05, 0.1) is 11.1 Å². The number of hydrogen-bond donors (Lipinski definition) is 2. The number of anilines is 1. The zero-order valence-corrected chi connectivity index (χ0v) is 6.92. The van der Waals surface area contributed by atoms with Crippen LogP contribution in [-0.2, 0) is 0 Å².